The first-order chi connectivity index (χ1) is 9.99. The van der Waals surface area contributed by atoms with Gasteiger partial charge >= 0.3 is 0 Å². The number of hydrogen-bond acceptors (Lipinski definition) is 7. The van der Waals surface area contributed by atoms with Crippen LogP contribution in [0.5, 0.6) is 0 Å². The Morgan fingerprint density at radius 3 is 2.67 bits per heavy atom. The highest BCUT2D eigenvalue weighted by Gasteiger charge is 2.30. The molecule has 0 radical (unpaired) electrons. The second kappa shape index (κ2) is 5.15. The first kappa shape index (κ1) is 14.1. The second-order valence-electron chi connectivity index (χ2n) is 4.94. The van der Waals surface area contributed by atoms with Gasteiger partial charge in [0.15, 0.2) is 9.84 Å². The zero-order chi connectivity index (χ0) is 15.0. The molecule has 0 unspecified atom stereocenters. The first-order valence-electron chi connectivity index (χ1n) is 6.61. The molecule has 2 heterocycles. The van der Waals surface area contributed by atoms with E-state index in [1.165, 1.54) is 12.1 Å². The number of nitrogens with one attached hydrogen (secondary N) is 1. The second-order valence-corrected chi connectivity index (χ2v) is 7.02. The van der Waals surface area contributed by atoms with Crippen molar-refractivity contribution in [1.29, 1.82) is 0 Å². The number of benzene rings is 1. The molecular formula is C12H15N3O5S. The fourth-order valence-corrected chi connectivity index (χ4v) is 3.93. The van der Waals surface area contributed by atoms with Crippen LogP contribution in [0.15, 0.2) is 17.0 Å². The summed E-state index contributed by atoms with van der Waals surface area (Å²) in [5.41, 5.74) is 0.569. The maximum absolute atomic E-state index is 12.1. The number of nitro groups is 1. The molecule has 1 fully saturated rings. The quantitative estimate of drug-likeness (QED) is 0.631. The van der Waals surface area contributed by atoms with E-state index in [2.05, 4.69) is 5.32 Å². The maximum atomic E-state index is 12.1. The molecule has 2 aliphatic rings. The minimum Gasteiger partial charge on any atom is -0.383 e. The predicted molar refractivity (Wildman–Crippen MR) is 76.7 cm³/mol. The highest BCUT2D eigenvalue weighted by Crippen LogP contribution is 2.38. The predicted octanol–water partition coefficient (Wildman–Crippen LogP) is 0.631. The zero-order valence-electron chi connectivity index (χ0n) is 11.2. The van der Waals surface area contributed by atoms with Crippen LogP contribution in [0, 0.1) is 10.1 Å². The maximum Gasteiger partial charge on any atom is 0.294 e. The normalized spacial score (nSPS) is 20.5. The number of nitro benzene ring substituents is 1. The van der Waals surface area contributed by atoms with Crippen LogP contribution in [0.25, 0.3) is 0 Å². The van der Waals surface area contributed by atoms with E-state index in [1.54, 1.807) is 4.90 Å². The summed E-state index contributed by atoms with van der Waals surface area (Å²) in [6.45, 7) is 2.22. The minimum atomic E-state index is -3.39. The molecule has 0 saturated carbocycles. The van der Waals surface area contributed by atoms with Crippen LogP contribution in [-0.4, -0.2) is 51.9 Å². The molecule has 9 heteroatoms. The average Bonchev–Trinajstić information content (AvgIpc) is 2.47. The van der Waals surface area contributed by atoms with Gasteiger partial charge in [-0.25, -0.2) is 8.42 Å². The number of ether oxygens (including phenoxy) is 1. The van der Waals surface area contributed by atoms with Gasteiger partial charge in [0.2, 0.25) is 0 Å². The van der Waals surface area contributed by atoms with Crippen LogP contribution in [0.4, 0.5) is 17.1 Å². The Balaban J connectivity index is 2.15. The van der Waals surface area contributed by atoms with Gasteiger partial charge in [0.1, 0.15) is 5.69 Å². The summed E-state index contributed by atoms with van der Waals surface area (Å²) >= 11 is 0. The fourth-order valence-electron chi connectivity index (χ4n) is 2.59. The lowest BCUT2D eigenvalue weighted by molar-refractivity contribution is -0.384. The van der Waals surface area contributed by atoms with Gasteiger partial charge in [-0.2, -0.15) is 0 Å². The van der Waals surface area contributed by atoms with Gasteiger partial charge in [-0.05, 0) is 6.07 Å². The van der Waals surface area contributed by atoms with E-state index < -0.39 is 14.8 Å². The molecule has 0 amide bonds. The standard InChI is InChI=1S/C12H15N3O5S/c16-15(17)11-7-9-12(21(18,19)6-1-13-9)8-10(11)14-2-4-20-5-3-14/h7-8,13H,1-6H2. The third-order valence-corrected chi connectivity index (χ3v) is 5.40. The molecule has 0 aromatic heterocycles. The van der Waals surface area contributed by atoms with Crippen molar-refractivity contribution in [2.24, 2.45) is 0 Å². The molecule has 3 rings (SSSR count). The highest BCUT2D eigenvalue weighted by molar-refractivity contribution is 7.91. The third kappa shape index (κ3) is 2.54. The summed E-state index contributed by atoms with van der Waals surface area (Å²) in [4.78, 5) is 12.7. The molecule has 8 nitrogen and oxygen atoms in total. The summed E-state index contributed by atoms with van der Waals surface area (Å²) < 4.78 is 29.5. The van der Waals surface area contributed by atoms with Crippen LogP contribution in [0.3, 0.4) is 0 Å². The van der Waals surface area contributed by atoms with Crippen LogP contribution in [0.2, 0.25) is 0 Å². The minimum absolute atomic E-state index is 0.000359. The number of anilines is 2. The van der Waals surface area contributed by atoms with Crippen LogP contribution < -0.4 is 10.2 Å². The Kier molecular flexibility index (Phi) is 3.46. The summed E-state index contributed by atoms with van der Waals surface area (Å²) in [6.07, 6.45) is 0. The Labute approximate surface area is 121 Å². The van der Waals surface area contributed by atoms with Gasteiger partial charge in [0.25, 0.3) is 5.69 Å². The van der Waals surface area contributed by atoms with Gasteiger partial charge in [0.05, 0.1) is 34.5 Å². The summed E-state index contributed by atoms with van der Waals surface area (Å²) in [6, 6.07) is 2.73. The first-order valence-corrected chi connectivity index (χ1v) is 8.26. The number of nitrogens with zero attached hydrogens (tertiary/aromatic N) is 2. The van der Waals surface area contributed by atoms with E-state index in [1.807, 2.05) is 0 Å². The van der Waals surface area contributed by atoms with Crippen molar-refractivity contribution in [2.45, 2.75) is 4.90 Å². The molecule has 114 valence electrons. The Morgan fingerprint density at radius 1 is 1.29 bits per heavy atom. The van der Waals surface area contributed by atoms with E-state index in [0.29, 0.717) is 37.7 Å². The topological polar surface area (TPSA) is 102 Å². The zero-order valence-corrected chi connectivity index (χ0v) is 12.1. The molecular weight excluding hydrogens is 298 g/mol. The number of rotatable bonds is 2. The van der Waals surface area contributed by atoms with Gasteiger partial charge in [-0.1, -0.05) is 0 Å². The van der Waals surface area contributed by atoms with E-state index in [-0.39, 0.29) is 22.9 Å². The molecule has 2 aliphatic heterocycles. The van der Waals surface area contributed by atoms with E-state index >= 15 is 0 Å². The van der Waals surface area contributed by atoms with Crippen molar-refractivity contribution in [3.8, 4) is 0 Å². The Bertz CT molecular complexity index is 682. The molecule has 1 aromatic rings. The fraction of sp³-hybridized carbons (Fsp3) is 0.500. The van der Waals surface area contributed by atoms with Crippen molar-refractivity contribution in [2.75, 3.05) is 48.8 Å². The smallest absolute Gasteiger partial charge is 0.294 e. The molecule has 1 N–H and O–H groups in total. The Morgan fingerprint density at radius 2 is 2.00 bits per heavy atom. The lowest BCUT2D eigenvalue weighted by Gasteiger charge is -2.29. The molecule has 1 saturated heterocycles. The largest absolute Gasteiger partial charge is 0.383 e. The van der Waals surface area contributed by atoms with Crippen LogP contribution >= 0.6 is 0 Å². The molecule has 0 spiro atoms. The van der Waals surface area contributed by atoms with E-state index in [0.717, 1.165) is 0 Å². The van der Waals surface area contributed by atoms with Crippen molar-refractivity contribution < 1.29 is 18.1 Å². The lowest BCUT2D eigenvalue weighted by atomic mass is 10.2. The molecule has 1 aromatic carbocycles. The van der Waals surface area contributed by atoms with Crippen LogP contribution in [-0.2, 0) is 14.6 Å². The lowest BCUT2D eigenvalue weighted by Crippen LogP contribution is -2.37. The van der Waals surface area contributed by atoms with Crippen molar-refractivity contribution >= 4 is 26.9 Å². The SMILES string of the molecule is O=[N+]([O-])c1cc2c(cc1N1CCOCC1)S(=O)(=O)CCN2. The van der Waals surface area contributed by atoms with Gasteiger partial charge < -0.3 is 15.0 Å². The van der Waals surface area contributed by atoms with Crippen molar-refractivity contribution in [3.63, 3.8) is 0 Å². The van der Waals surface area contributed by atoms with Crippen molar-refractivity contribution in [1.82, 2.24) is 0 Å². The van der Waals surface area contributed by atoms with Gasteiger partial charge in [-0.3, -0.25) is 10.1 Å². The molecule has 0 aliphatic carbocycles. The average molecular weight is 313 g/mol. The summed E-state index contributed by atoms with van der Waals surface area (Å²) in [7, 11) is -3.39. The van der Waals surface area contributed by atoms with Gasteiger partial charge in [-0.15, -0.1) is 0 Å². The van der Waals surface area contributed by atoms with Crippen molar-refractivity contribution in [3.05, 3.63) is 22.2 Å². The van der Waals surface area contributed by atoms with E-state index in [4.69, 9.17) is 4.74 Å². The van der Waals surface area contributed by atoms with Crippen LogP contribution in [0.1, 0.15) is 0 Å². The molecule has 0 bridgehead atoms. The number of morpholine rings is 1. The summed E-state index contributed by atoms with van der Waals surface area (Å²) in [5.74, 6) is 0.000359. The Hall–Kier alpha value is -1.87. The number of hydrogen-bond donors (Lipinski definition) is 1. The number of sulfone groups is 1. The van der Waals surface area contributed by atoms with E-state index in [9.17, 15) is 18.5 Å². The third-order valence-electron chi connectivity index (χ3n) is 3.65. The number of fused-ring (bicyclic) bond motifs is 1. The molecule has 0 atom stereocenters. The monoisotopic (exact) mass is 313 g/mol. The van der Waals surface area contributed by atoms with Gasteiger partial charge in [0, 0.05) is 25.7 Å². The highest BCUT2D eigenvalue weighted by atomic mass is 32.2. The summed E-state index contributed by atoms with van der Waals surface area (Å²) in [5, 5.41) is 14.2. The molecule has 21 heavy (non-hydrogen) atoms.